The molecule has 0 bridgehead atoms. The maximum atomic E-state index is 11.9. The maximum absolute atomic E-state index is 11.9. The molecule has 1 saturated heterocycles. The van der Waals surface area contributed by atoms with Gasteiger partial charge in [0.05, 0.1) is 12.2 Å². The van der Waals surface area contributed by atoms with E-state index in [-0.39, 0.29) is 17.2 Å². The van der Waals surface area contributed by atoms with Crippen molar-refractivity contribution >= 4 is 23.3 Å². The maximum Gasteiger partial charge on any atom is 0.192 e. The highest BCUT2D eigenvalue weighted by Crippen LogP contribution is 2.45. The summed E-state index contributed by atoms with van der Waals surface area (Å²) in [5, 5.41) is 10.1. The summed E-state index contributed by atoms with van der Waals surface area (Å²) in [7, 11) is 1.62. The summed E-state index contributed by atoms with van der Waals surface area (Å²) in [5.74, 6) is -0.832. The lowest BCUT2D eigenvalue weighted by Crippen LogP contribution is -2.46. The van der Waals surface area contributed by atoms with Crippen LogP contribution < -0.4 is 0 Å². The van der Waals surface area contributed by atoms with E-state index in [2.05, 4.69) is 33.9 Å². The Morgan fingerprint density at radius 1 is 1.43 bits per heavy atom. The minimum Gasteiger partial charge on any atom is -0.412 e. The summed E-state index contributed by atoms with van der Waals surface area (Å²) in [5.41, 5.74) is 0. The van der Waals surface area contributed by atoms with Gasteiger partial charge in [0.1, 0.15) is 20.8 Å². The van der Waals surface area contributed by atoms with Gasteiger partial charge in [-0.3, -0.25) is 0 Å². The van der Waals surface area contributed by atoms with Crippen LogP contribution >= 0.6 is 7.14 Å². The lowest BCUT2D eigenvalue weighted by atomic mass is 9.94. The van der Waals surface area contributed by atoms with Crippen molar-refractivity contribution in [3.63, 3.8) is 0 Å². The Kier molecular flexibility index (Phi) is 6.00. The molecule has 122 valence electrons. The summed E-state index contributed by atoms with van der Waals surface area (Å²) >= 11 is 0. The van der Waals surface area contributed by atoms with Crippen LogP contribution in [-0.4, -0.2) is 58.7 Å². The van der Waals surface area contributed by atoms with E-state index >= 15 is 0 Å². The van der Waals surface area contributed by atoms with Gasteiger partial charge in [-0.1, -0.05) is 20.8 Å². The monoisotopic (exact) mass is 332 g/mol. The van der Waals surface area contributed by atoms with Crippen LogP contribution in [0.1, 0.15) is 33.6 Å². The second-order valence-corrected chi connectivity index (χ2v) is 16.2. The number of ether oxygens (including phenoxy) is 1. The van der Waals surface area contributed by atoms with Crippen LogP contribution in [-0.2, 0) is 13.7 Å². The van der Waals surface area contributed by atoms with E-state index in [0.29, 0.717) is 12.8 Å². The molecule has 0 aromatic carbocycles. The van der Waals surface area contributed by atoms with Gasteiger partial charge >= 0.3 is 0 Å². The Hall–Kier alpha value is 0.392. The molecule has 21 heavy (non-hydrogen) atoms. The van der Waals surface area contributed by atoms with Crippen molar-refractivity contribution in [3.05, 3.63) is 0 Å². The first-order chi connectivity index (χ1) is 9.24. The molecule has 4 nitrogen and oxygen atoms in total. The zero-order valence-corrected chi connectivity index (χ0v) is 16.3. The fourth-order valence-corrected chi connectivity index (χ4v) is 4.15. The summed E-state index contributed by atoms with van der Waals surface area (Å²) in [4.78, 5) is 0. The number of aliphatic hydroxyl groups is 1. The van der Waals surface area contributed by atoms with Crippen molar-refractivity contribution in [3.8, 4) is 0 Å². The second kappa shape index (κ2) is 6.48. The second-order valence-electron chi connectivity index (χ2n) is 8.03. The molecule has 1 heterocycles. The fraction of sp³-hybridized carbons (Fsp3) is 1.00. The smallest absolute Gasteiger partial charge is 0.192 e. The third kappa shape index (κ3) is 5.21. The number of rotatable bonds is 5. The van der Waals surface area contributed by atoms with Gasteiger partial charge in [0.2, 0.25) is 0 Å². The normalized spacial score (nSPS) is 29.6. The highest BCUT2D eigenvalue weighted by Gasteiger charge is 2.43. The molecule has 1 aliphatic heterocycles. The molecule has 0 aromatic rings. The lowest BCUT2D eigenvalue weighted by Gasteiger charge is -2.39. The predicted molar refractivity (Wildman–Crippen MR) is 91.2 cm³/mol. The van der Waals surface area contributed by atoms with Gasteiger partial charge in [0, 0.05) is 18.8 Å². The molecule has 4 atom stereocenters. The largest absolute Gasteiger partial charge is 0.412 e. The molecule has 0 aliphatic carbocycles. The van der Waals surface area contributed by atoms with Crippen molar-refractivity contribution < 1.29 is 18.8 Å². The Bertz CT molecular complexity index is 404. The number of hydrogen-bond donors (Lipinski definition) is 1. The van der Waals surface area contributed by atoms with Gasteiger partial charge in [-0.2, -0.15) is 0 Å². The first-order valence-corrected chi connectivity index (χ1v) is 13.1. The van der Waals surface area contributed by atoms with Gasteiger partial charge < -0.3 is 18.8 Å². The van der Waals surface area contributed by atoms with Gasteiger partial charge in [0.15, 0.2) is 8.32 Å². The first kappa shape index (κ1) is 19.4. The van der Waals surface area contributed by atoms with Crippen molar-refractivity contribution in [1.29, 1.82) is 0 Å². The number of aliphatic hydroxyl groups excluding tert-OH is 1. The molecule has 1 unspecified atom stereocenters. The molecule has 1 aliphatic rings. The van der Waals surface area contributed by atoms with E-state index in [1.165, 1.54) is 0 Å². The van der Waals surface area contributed by atoms with Gasteiger partial charge in [-0.15, -0.1) is 0 Å². The zero-order valence-electron chi connectivity index (χ0n) is 14.4. The van der Waals surface area contributed by atoms with Crippen molar-refractivity contribution in [2.45, 2.75) is 75.8 Å². The van der Waals surface area contributed by atoms with Crippen LogP contribution in [0.5, 0.6) is 0 Å². The van der Waals surface area contributed by atoms with Crippen molar-refractivity contribution in [2.24, 2.45) is 0 Å². The van der Waals surface area contributed by atoms with E-state index < -0.39 is 27.3 Å². The summed E-state index contributed by atoms with van der Waals surface area (Å²) < 4.78 is 23.9. The fourth-order valence-electron chi connectivity index (χ4n) is 2.07. The Morgan fingerprint density at radius 2 is 1.95 bits per heavy atom. The average Bonchev–Trinajstić information content (AvgIpc) is 2.55. The average molecular weight is 332 g/mol. The highest BCUT2D eigenvalue weighted by molar-refractivity contribution is 7.62. The predicted octanol–water partition coefficient (Wildman–Crippen LogP) is 2.99. The molecule has 2 radical (unpaired) electrons. The van der Waals surface area contributed by atoms with E-state index in [1.54, 1.807) is 13.3 Å². The Labute approximate surface area is 131 Å². The quantitative estimate of drug-likeness (QED) is 0.621. The van der Waals surface area contributed by atoms with E-state index in [4.69, 9.17) is 17.0 Å². The molecule has 0 saturated carbocycles. The van der Waals surface area contributed by atoms with Gasteiger partial charge in [0.25, 0.3) is 0 Å². The molecular weight excluding hydrogens is 302 g/mol. The van der Waals surface area contributed by atoms with E-state index in [0.717, 1.165) is 0 Å². The summed E-state index contributed by atoms with van der Waals surface area (Å²) in [6.45, 7) is 14.1. The third-order valence-electron chi connectivity index (χ3n) is 4.65. The minimum atomic E-state index is -2.51. The van der Waals surface area contributed by atoms with E-state index in [9.17, 15) is 9.67 Å². The minimum absolute atomic E-state index is 0.118. The molecule has 1 N–H and O–H groups in total. The summed E-state index contributed by atoms with van der Waals surface area (Å²) in [6.07, 6.45) is 0.689. The van der Waals surface area contributed by atoms with Gasteiger partial charge in [-0.05, 0) is 31.5 Å². The SMILES string of the molecule is [B][C@@H]1O[C@H](CC(O)P(C)(C)=O)C[C@@H]1O[Si](C)(C)C(C)(C)C. The molecule has 1 rings (SSSR count). The lowest BCUT2D eigenvalue weighted by molar-refractivity contribution is 0.0448. The van der Waals surface area contributed by atoms with Crippen LogP contribution in [0.25, 0.3) is 0 Å². The van der Waals surface area contributed by atoms with Crippen LogP contribution in [0.3, 0.4) is 0 Å². The van der Waals surface area contributed by atoms with Crippen LogP contribution in [0.15, 0.2) is 0 Å². The first-order valence-electron chi connectivity index (χ1n) is 7.55. The van der Waals surface area contributed by atoms with Crippen molar-refractivity contribution in [2.75, 3.05) is 13.3 Å². The molecule has 7 heteroatoms. The van der Waals surface area contributed by atoms with Crippen molar-refractivity contribution in [1.82, 2.24) is 0 Å². The third-order valence-corrected chi connectivity index (χ3v) is 10.8. The van der Waals surface area contributed by atoms with Crippen LogP contribution in [0.2, 0.25) is 18.1 Å². The van der Waals surface area contributed by atoms with Crippen LogP contribution in [0, 0.1) is 0 Å². The molecule has 0 aromatic heterocycles. The van der Waals surface area contributed by atoms with Crippen LogP contribution in [0.4, 0.5) is 0 Å². The topological polar surface area (TPSA) is 55.8 Å². The Morgan fingerprint density at radius 3 is 2.38 bits per heavy atom. The summed E-state index contributed by atoms with van der Waals surface area (Å²) in [6, 6.07) is -0.468. The highest BCUT2D eigenvalue weighted by atomic mass is 31.2. The molecular formula is C14H30BO4PSi. The molecule has 0 spiro atoms. The van der Waals surface area contributed by atoms with Gasteiger partial charge in [-0.25, -0.2) is 0 Å². The standard InChI is InChI=1S/C14H30BO4PSi/c1-14(2,3)21(6,7)19-11-8-10(18-13(11)15)9-12(16)20(4,5)17/h10-13,16H,8-9H2,1-7H3/t10-,11-,12?,13+/m0/s1. The molecule has 0 amide bonds. The molecule has 1 fully saturated rings. The number of hydrogen-bond acceptors (Lipinski definition) is 4. The van der Waals surface area contributed by atoms with E-state index in [1.807, 2.05) is 0 Å². The zero-order chi connectivity index (χ0) is 16.6. The Balaban J connectivity index is 2.64.